The van der Waals surface area contributed by atoms with Crippen LogP contribution in [0.15, 0.2) is 36.4 Å². The van der Waals surface area contributed by atoms with Crippen LogP contribution in [-0.4, -0.2) is 37.7 Å². The van der Waals surface area contributed by atoms with Crippen molar-refractivity contribution in [2.24, 2.45) is 0 Å². The molecule has 1 aliphatic rings. The van der Waals surface area contributed by atoms with Crippen molar-refractivity contribution in [2.45, 2.75) is 13.5 Å². The number of benzene rings is 2. The number of fused-ring (bicyclic) bond motifs is 1. The zero-order valence-corrected chi connectivity index (χ0v) is 12.1. The van der Waals surface area contributed by atoms with Gasteiger partial charge >= 0.3 is 0 Å². The summed E-state index contributed by atoms with van der Waals surface area (Å²) in [6.45, 7) is 8.20. The van der Waals surface area contributed by atoms with E-state index in [1.54, 1.807) is 0 Å². The molecule has 2 aromatic carbocycles. The predicted molar refractivity (Wildman–Crippen MR) is 83.3 cm³/mol. The second kappa shape index (κ2) is 6.25. The molecule has 2 aromatic rings. The van der Waals surface area contributed by atoms with Gasteiger partial charge in [0.25, 0.3) is 0 Å². The third-order valence-electron chi connectivity index (χ3n) is 3.88. The van der Waals surface area contributed by atoms with Crippen molar-refractivity contribution in [3.8, 4) is 5.75 Å². The van der Waals surface area contributed by atoms with Crippen molar-refractivity contribution in [1.29, 1.82) is 0 Å². The first-order chi connectivity index (χ1) is 9.88. The van der Waals surface area contributed by atoms with E-state index < -0.39 is 0 Å². The minimum atomic E-state index is 0.709. The van der Waals surface area contributed by atoms with Crippen LogP contribution in [0.1, 0.15) is 12.5 Å². The number of nitrogens with one attached hydrogen (secondary N) is 1. The molecule has 106 valence electrons. The lowest BCUT2D eigenvalue weighted by molar-refractivity contribution is 0.234. The number of hydrogen-bond acceptors (Lipinski definition) is 3. The first-order valence-corrected chi connectivity index (χ1v) is 7.45. The lowest BCUT2D eigenvalue weighted by Crippen LogP contribution is -2.42. The Morgan fingerprint density at radius 2 is 1.80 bits per heavy atom. The molecular weight excluding hydrogens is 248 g/mol. The van der Waals surface area contributed by atoms with Gasteiger partial charge < -0.3 is 10.1 Å². The topological polar surface area (TPSA) is 24.5 Å². The normalized spacial score (nSPS) is 16.4. The Morgan fingerprint density at radius 3 is 2.55 bits per heavy atom. The molecule has 1 fully saturated rings. The maximum atomic E-state index is 5.74. The van der Waals surface area contributed by atoms with Crippen molar-refractivity contribution in [3.63, 3.8) is 0 Å². The van der Waals surface area contributed by atoms with Crippen molar-refractivity contribution in [2.75, 3.05) is 32.8 Å². The Bertz CT molecular complexity index is 576. The number of rotatable bonds is 4. The van der Waals surface area contributed by atoms with Gasteiger partial charge in [-0.25, -0.2) is 0 Å². The Kier molecular flexibility index (Phi) is 4.19. The summed E-state index contributed by atoms with van der Waals surface area (Å²) in [6, 6.07) is 12.9. The van der Waals surface area contributed by atoms with Gasteiger partial charge in [0.2, 0.25) is 0 Å². The van der Waals surface area contributed by atoms with Crippen molar-refractivity contribution >= 4 is 10.8 Å². The summed E-state index contributed by atoms with van der Waals surface area (Å²) in [5, 5.41) is 5.94. The largest absolute Gasteiger partial charge is 0.493 e. The fourth-order valence-corrected chi connectivity index (χ4v) is 2.86. The molecule has 3 heteroatoms. The molecule has 1 saturated heterocycles. The van der Waals surface area contributed by atoms with Crippen LogP contribution >= 0.6 is 0 Å². The Hall–Kier alpha value is -1.58. The highest BCUT2D eigenvalue weighted by Gasteiger charge is 2.12. The molecule has 0 aliphatic carbocycles. The van der Waals surface area contributed by atoms with E-state index in [0.717, 1.165) is 38.5 Å². The smallest absolute Gasteiger partial charge is 0.127 e. The van der Waals surface area contributed by atoms with Gasteiger partial charge in [-0.3, -0.25) is 4.90 Å². The molecule has 1 N–H and O–H groups in total. The maximum Gasteiger partial charge on any atom is 0.127 e. The van der Waals surface area contributed by atoms with Gasteiger partial charge in [-0.1, -0.05) is 30.3 Å². The standard InChI is InChI=1S/C17H22N2O/c1-2-20-17-8-7-14(13-19-11-9-18-10-12-19)15-5-3-4-6-16(15)17/h3-8,18H,2,9-13H2,1H3. The minimum absolute atomic E-state index is 0.709. The van der Waals surface area contributed by atoms with Gasteiger partial charge in [0.15, 0.2) is 0 Å². The molecule has 0 spiro atoms. The summed E-state index contributed by atoms with van der Waals surface area (Å²) in [7, 11) is 0. The molecule has 0 bridgehead atoms. The second-order valence-electron chi connectivity index (χ2n) is 5.23. The fourth-order valence-electron chi connectivity index (χ4n) is 2.86. The summed E-state index contributed by atoms with van der Waals surface area (Å²) in [5.41, 5.74) is 1.39. The Balaban J connectivity index is 1.92. The summed E-state index contributed by atoms with van der Waals surface area (Å²) < 4.78 is 5.74. The van der Waals surface area contributed by atoms with Crippen molar-refractivity contribution in [1.82, 2.24) is 10.2 Å². The van der Waals surface area contributed by atoms with Crippen LogP contribution in [0.2, 0.25) is 0 Å². The predicted octanol–water partition coefficient (Wildman–Crippen LogP) is 2.64. The summed E-state index contributed by atoms with van der Waals surface area (Å²) >= 11 is 0. The molecule has 3 nitrogen and oxygen atoms in total. The van der Waals surface area contributed by atoms with Crippen LogP contribution < -0.4 is 10.1 Å². The molecule has 3 rings (SSSR count). The molecule has 0 amide bonds. The number of ether oxygens (including phenoxy) is 1. The molecule has 1 aliphatic heterocycles. The van der Waals surface area contributed by atoms with Crippen LogP contribution in [0.4, 0.5) is 0 Å². The molecule has 0 saturated carbocycles. The lowest BCUT2D eigenvalue weighted by atomic mass is 10.0. The van der Waals surface area contributed by atoms with Crippen molar-refractivity contribution in [3.05, 3.63) is 42.0 Å². The van der Waals surface area contributed by atoms with Gasteiger partial charge in [0.05, 0.1) is 6.61 Å². The van der Waals surface area contributed by atoms with E-state index in [1.165, 1.54) is 16.3 Å². The molecule has 0 unspecified atom stereocenters. The zero-order valence-electron chi connectivity index (χ0n) is 12.1. The fraction of sp³-hybridized carbons (Fsp3) is 0.412. The molecule has 0 atom stereocenters. The number of hydrogen-bond donors (Lipinski definition) is 1. The van der Waals surface area contributed by atoms with Crippen LogP contribution in [0.25, 0.3) is 10.8 Å². The molecule has 0 aromatic heterocycles. The van der Waals surface area contributed by atoms with E-state index in [9.17, 15) is 0 Å². The quantitative estimate of drug-likeness (QED) is 0.924. The maximum absolute atomic E-state index is 5.74. The minimum Gasteiger partial charge on any atom is -0.493 e. The van der Waals surface area contributed by atoms with Gasteiger partial charge in [-0.15, -0.1) is 0 Å². The Labute approximate surface area is 120 Å². The highest BCUT2D eigenvalue weighted by atomic mass is 16.5. The number of nitrogens with zero attached hydrogens (tertiary/aromatic N) is 1. The van der Waals surface area contributed by atoms with Crippen LogP contribution in [0.3, 0.4) is 0 Å². The van der Waals surface area contributed by atoms with E-state index >= 15 is 0 Å². The van der Waals surface area contributed by atoms with Crippen LogP contribution in [0.5, 0.6) is 5.75 Å². The average molecular weight is 270 g/mol. The average Bonchev–Trinajstić information content (AvgIpc) is 2.51. The third kappa shape index (κ3) is 2.79. The summed E-state index contributed by atoms with van der Waals surface area (Å²) in [6.07, 6.45) is 0. The van der Waals surface area contributed by atoms with E-state index in [4.69, 9.17) is 4.74 Å². The highest BCUT2D eigenvalue weighted by Crippen LogP contribution is 2.29. The van der Waals surface area contributed by atoms with Crippen LogP contribution in [-0.2, 0) is 6.54 Å². The first kappa shape index (κ1) is 13.4. The first-order valence-electron chi connectivity index (χ1n) is 7.45. The third-order valence-corrected chi connectivity index (χ3v) is 3.88. The number of piperazine rings is 1. The molecule has 20 heavy (non-hydrogen) atoms. The lowest BCUT2D eigenvalue weighted by Gasteiger charge is -2.27. The van der Waals surface area contributed by atoms with E-state index in [2.05, 4.69) is 46.6 Å². The SMILES string of the molecule is CCOc1ccc(CN2CCNCC2)c2ccccc12. The zero-order chi connectivity index (χ0) is 13.8. The van der Waals surface area contributed by atoms with Gasteiger partial charge in [-0.05, 0) is 23.9 Å². The van der Waals surface area contributed by atoms with E-state index in [0.29, 0.717) is 6.61 Å². The van der Waals surface area contributed by atoms with Gasteiger partial charge in [0, 0.05) is 38.1 Å². The summed E-state index contributed by atoms with van der Waals surface area (Å²) in [4.78, 5) is 2.51. The van der Waals surface area contributed by atoms with E-state index in [-0.39, 0.29) is 0 Å². The van der Waals surface area contributed by atoms with Crippen LogP contribution in [0, 0.1) is 0 Å². The highest BCUT2D eigenvalue weighted by molar-refractivity contribution is 5.91. The van der Waals surface area contributed by atoms with Crippen molar-refractivity contribution < 1.29 is 4.74 Å². The second-order valence-corrected chi connectivity index (χ2v) is 5.23. The molecule has 0 radical (unpaired) electrons. The molecular formula is C17H22N2O. The molecule has 1 heterocycles. The Morgan fingerprint density at radius 1 is 1.05 bits per heavy atom. The monoisotopic (exact) mass is 270 g/mol. The van der Waals surface area contributed by atoms with E-state index in [1.807, 2.05) is 6.92 Å². The van der Waals surface area contributed by atoms with Gasteiger partial charge in [0.1, 0.15) is 5.75 Å². The van der Waals surface area contributed by atoms with Gasteiger partial charge in [-0.2, -0.15) is 0 Å². The summed E-state index contributed by atoms with van der Waals surface area (Å²) in [5.74, 6) is 0.993.